The molecular formula is C14H12BrNO3S. The fourth-order valence-electron chi connectivity index (χ4n) is 1.74. The number of halogens is 1. The molecule has 2 rings (SSSR count). The lowest BCUT2D eigenvalue weighted by Gasteiger charge is -2.08. The number of nitrogens with one attached hydrogen (secondary N) is 1. The quantitative estimate of drug-likeness (QED) is 0.871. The molecule has 0 saturated carbocycles. The van der Waals surface area contributed by atoms with Crippen LogP contribution in [0, 0.1) is 0 Å². The number of aromatic carboxylic acids is 1. The van der Waals surface area contributed by atoms with Gasteiger partial charge in [0, 0.05) is 4.47 Å². The van der Waals surface area contributed by atoms with Crippen molar-refractivity contribution in [1.29, 1.82) is 0 Å². The topological polar surface area (TPSA) is 66.4 Å². The van der Waals surface area contributed by atoms with Gasteiger partial charge in [0.25, 0.3) is 5.91 Å². The number of hydrogen-bond donors (Lipinski definition) is 2. The zero-order valence-corrected chi connectivity index (χ0v) is 13.0. The highest BCUT2D eigenvalue weighted by Gasteiger charge is 2.14. The number of carboxylic acids is 1. The fraction of sp³-hybridized carbons (Fsp3) is 0.143. The number of carbonyl (C=O) groups excluding carboxylic acids is 1. The molecule has 0 unspecified atom stereocenters. The minimum Gasteiger partial charge on any atom is -0.478 e. The Morgan fingerprint density at radius 1 is 1.35 bits per heavy atom. The van der Waals surface area contributed by atoms with Gasteiger partial charge in [-0.3, -0.25) is 4.79 Å². The van der Waals surface area contributed by atoms with Gasteiger partial charge in [0.1, 0.15) is 0 Å². The molecule has 0 atom stereocenters. The first-order valence-electron chi connectivity index (χ1n) is 5.93. The van der Waals surface area contributed by atoms with E-state index in [2.05, 4.69) is 21.2 Å². The van der Waals surface area contributed by atoms with Crippen LogP contribution in [-0.2, 0) is 6.42 Å². The van der Waals surface area contributed by atoms with Gasteiger partial charge in [-0.1, -0.05) is 6.92 Å². The van der Waals surface area contributed by atoms with Gasteiger partial charge in [-0.15, -0.1) is 11.3 Å². The molecule has 0 fully saturated rings. The van der Waals surface area contributed by atoms with Gasteiger partial charge in [0.15, 0.2) is 0 Å². The molecule has 104 valence electrons. The van der Waals surface area contributed by atoms with Crippen LogP contribution in [0.1, 0.15) is 32.5 Å². The van der Waals surface area contributed by atoms with Gasteiger partial charge in [-0.2, -0.15) is 0 Å². The van der Waals surface area contributed by atoms with Crippen LogP contribution < -0.4 is 5.32 Å². The van der Waals surface area contributed by atoms with E-state index in [1.54, 1.807) is 6.07 Å². The summed E-state index contributed by atoms with van der Waals surface area (Å²) in [7, 11) is 0. The van der Waals surface area contributed by atoms with Gasteiger partial charge in [0.05, 0.1) is 16.1 Å². The summed E-state index contributed by atoms with van der Waals surface area (Å²) in [6.45, 7) is 2.00. The van der Waals surface area contributed by atoms with E-state index >= 15 is 0 Å². The molecule has 1 aromatic carbocycles. The second-order valence-corrected chi connectivity index (χ2v) is 5.85. The summed E-state index contributed by atoms with van der Waals surface area (Å²) in [6.07, 6.45) is 0.797. The molecule has 1 aromatic heterocycles. The van der Waals surface area contributed by atoms with Crippen LogP contribution in [0.4, 0.5) is 5.69 Å². The Bertz CT molecular complexity index is 666. The molecule has 0 bridgehead atoms. The highest BCUT2D eigenvalue weighted by molar-refractivity contribution is 9.10. The Kier molecular flexibility index (Phi) is 4.57. The minimum atomic E-state index is -1.00. The second kappa shape index (κ2) is 6.19. The van der Waals surface area contributed by atoms with Crippen LogP contribution in [0.3, 0.4) is 0 Å². The Morgan fingerprint density at radius 2 is 2.10 bits per heavy atom. The smallest absolute Gasteiger partial charge is 0.335 e. The molecule has 1 heterocycles. The average molecular weight is 354 g/mol. The van der Waals surface area contributed by atoms with Gasteiger partial charge in [-0.25, -0.2) is 4.79 Å². The van der Waals surface area contributed by atoms with Crippen LogP contribution in [0.15, 0.2) is 34.1 Å². The summed E-state index contributed by atoms with van der Waals surface area (Å²) < 4.78 is 0.542. The summed E-state index contributed by atoms with van der Waals surface area (Å²) >= 11 is 4.66. The molecule has 1 amide bonds. The third-order valence-electron chi connectivity index (χ3n) is 2.80. The minimum absolute atomic E-state index is 0.167. The second-order valence-electron chi connectivity index (χ2n) is 4.08. The van der Waals surface area contributed by atoms with Crippen molar-refractivity contribution < 1.29 is 14.7 Å². The number of amides is 1. The Balaban J connectivity index is 2.22. The van der Waals surface area contributed by atoms with Gasteiger partial charge >= 0.3 is 5.97 Å². The van der Waals surface area contributed by atoms with Crippen LogP contribution in [0.25, 0.3) is 0 Å². The lowest BCUT2D eigenvalue weighted by atomic mass is 10.2. The van der Waals surface area contributed by atoms with E-state index in [0.29, 0.717) is 15.0 Å². The van der Waals surface area contributed by atoms with Crippen LogP contribution in [-0.4, -0.2) is 17.0 Å². The lowest BCUT2D eigenvalue weighted by molar-refractivity contribution is 0.0696. The maximum absolute atomic E-state index is 12.2. The van der Waals surface area contributed by atoms with Crippen LogP contribution in [0.5, 0.6) is 0 Å². The normalized spacial score (nSPS) is 10.3. The average Bonchev–Trinajstić information content (AvgIpc) is 2.89. The number of carbonyl (C=O) groups is 2. The number of aryl methyl sites for hydroxylation is 1. The van der Waals surface area contributed by atoms with E-state index < -0.39 is 5.97 Å². The standard InChI is InChI=1S/C14H12BrNO3S/c1-2-8-5-6-20-12(8)13(17)16-11-4-3-9(14(18)19)7-10(11)15/h3-7H,2H2,1H3,(H,16,17)(H,18,19). The maximum Gasteiger partial charge on any atom is 0.335 e. The van der Waals surface area contributed by atoms with Gasteiger partial charge < -0.3 is 10.4 Å². The van der Waals surface area contributed by atoms with Crippen molar-refractivity contribution in [2.75, 3.05) is 5.32 Å². The molecule has 2 aromatic rings. The Morgan fingerprint density at radius 3 is 2.70 bits per heavy atom. The van der Waals surface area contributed by atoms with Crippen molar-refractivity contribution >= 4 is 44.8 Å². The number of anilines is 1. The highest BCUT2D eigenvalue weighted by atomic mass is 79.9. The SMILES string of the molecule is CCc1ccsc1C(=O)Nc1ccc(C(=O)O)cc1Br. The molecule has 0 aliphatic rings. The molecule has 2 N–H and O–H groups in total. The Labute approximate surface area is 128 Å². The summed E-state index contributed by atoms with van der Waals surface area (Å²) in [5.74, 6) is -1.18. The van der Waals surface area contributed by atoms with Crippen LogP contribution >= 0.6 is 27.3 Å². The first-order chi connectivity index (χ1) is 9.52. The fourth-order valence-corrected chi connectivity index (χ4v) is 3.11. The molecule has 6 heteroatoms. The number of hydrogen-bond acceptors (Lipinski definition) is 3. The predicted octanol–water partition coefficient (Wildman–Crippen LogP) is 4.02. The molecule has 0 saturated heterocycles. The lowest BCUT2D eigenvalue weighted by Crippen LogP contribution is -2.12. The van der Waals surface area contributed by atoms with Crippen molar-refractivity contribution in [1.82, 2.24) is 0 Å². The Hall–Kier alpha value is -1.66. The van der Waals surface area contributed by atoms with E-state index in [9.17, 15) is 9.59 Å². The maximum atomic E-state index is 12.2. The van der Waals surface area contributed by atoms with Crippen molar-refractivity contribution in [2.24, 2.45) is 0 Å². The zero-order valence-electron chi connectivity index (χ0n) is 10.6. The predicted molar refractivity (Wildman–Crippen MR) is 82.8 cm³/mol. The van der Waals surface area contributed by atoms with Crippen molar-refractivity contribution in [3.05, 3.63) is 50.1 Å². The van der Waals surface area contributed by atoms with E-state index in [0.717, 1.165) is 12.0 Å². The number of rotatable bonds is 4. The molecular weight excluding hydrogens is 342 g/mol. The first-order valence-corrected chi connectivity index (χ1v) is 7.60. The van der Waals surface area contributed by atoms with Crippen molar-refractivity contribution in [3.63, 3.8) is 0 Å². The molecule has 0 aliphatic carbocycles. The molecule has 0 aliphatic heterocycles. The molecule has 4 nitrogen and oxygen atoms in total. The summed E-state index contributed by atoms with van der Waals surface area (Å²) in [4.78, 5) is 23.7. The highest BCUT2D eigenvalue weighted by Crippen LogP contribution is 2.26. The molecule has 0 spiro atoms. The van der Waals surface area contributed by atoms with Crippen LogP contribution in [0.2, 0.25) is 0 Å². The van der Waals surface area contributed by atoms with E-state index in [1.807, 2.05) is 18.4 Å². The summed E-state index contributed by atoms with van der Waals surface area (Å²) in [6, 6.07) is 6.43. The van der Waals surface area contributed by atoms with Gasteiger partial charge in [0.2, 0.25) is 0 Å². The zero-order chi connectivity index (χ0) is 14.7. The third-order valence-corrected chi connectivity index (χ3v) is 4.41. The van der Waals surface area contributed by atoms with E-state index in [4.69, 9.17) is 5.11 Å². The summed E-state index contributed by atoms with van der Waals surface area (Å²) in [5.41, 5.74) is 1.72. The van der Waals surface area contributed by atoms with Gasteiger partial charge in [-0.05, 0) is 57.6 Å². The number of thiophene rings is 1. The molecule has 20 heavy (non-hydrogen) atoms. The number of benzene rings is 1. The van der Waals surface area contributed by atoms with Crippen molar-refractivity contribution in [2.45, 2.75) is 13.3 Å². The van der Waals surface area contributed by atoms with Crippen molar-refractivity contribution in [3.8, 4) is 0 Å². The van der Waals surface area contributed by atoms with E-state index in [1.165, 1.54) is 23.5 Å². The number of carboxylic acid groups (broad SMARTS) is 1. The van der Waals surface area contributed by atoms with E-state index in [-0.39, 0.29) is 11.5 Å². The largest absolute Gasteiger partial charge is 0.478 e. The summed E-state index contributed by atoms with van der Waals surface area (Å²) in [5, 5.41) is 13.6. The third kappa shape index (κ3) is 3.08. The monoisotopic (exact) mass is 353 g/mol. The molecule has 0 radical (unpaired) electrons. The first kappa shape index (κ1) is 14.7.